The normalized spacial score (nSPS) is 10.2. The zero-order valence-corrected chi connectivity index (χ0v) is 10.7. The van der Waals surface area contributed by atoms with Crippen LogP contribution in [0.25, 0.3) is 0 Å². The number of aromatic nitrogens is 2. The molecule has 0 bridgehead atoms. The van der Waals surface area contributed by atoms with E-state index < -0.39 is 0 Å². The molecule has 0 aliphatic carbocycles. The summed E-state index contributed by atoms with van der Waals surface area (Å²) in [5.41, 5.74) is 6.28. The van der Waals surface area contributed by atoms with Crippen LogP contribution in [0.1, 0.15) is 10.5 Å². The first kappa shape index (κ1) is 12.9. The zero-order valence-electron chi connectivity index (χ0n) is 10.7. The van der Waals surface area contributed by atoms with Crippen molar-refractivity contribution >= 4 is 11.6 Å². The van der Waals surface area contributed by atoms with Crippen molar-refractivity contribution in [3.8, 4) is 5.75 Å². The van der Waals surface area contributed by atoms with Gasteiger partial charge in [0.05, 0.1) is 18.4 Å². The lowest BCUT2D eigenvalue weighted by Gasteiger charge is -2.16. The maximum Gasteiger partial charge on any atom is 0.273 e. The van der Waals surface area contributed by atoms with Crippen molar-refractivity contribution in [3.63, 3.8) is 0 Å². The van der Waals surface area contributed by atoms with Gasteiger partial charge in [-0.25, -0.2) is 0 Å². The molecule has 1 amide bonds. The number of aromatic amines is 1. The van der Waals surface area contributed by atoms with E-state index >= 15 is 0 Å². The summed E-state index contributed by atoms with van der Waals surface area (Å²) in [6, 6.07) is 9.46. The van der Waals surface area contributed by atoms with E-state index in [4.69, 9.17) is 10.5 Å². The SMILES string of the molecule is CN(CCOc1ccccc1)C(=O)c1[nH]ncc1N. The monoisotopic (exact) mass is 260 g/mol. The average molecular weight is 260 g/mol. The Morgan fingerprint density at radius 3 is 2.79 bits per heavy atom. The summed E-state index contributed by atoms with van der Waals surface area (Å²) >= 11 is 0. The number of H-pyrrole nitrogens is 1. The van der Waals surface area contributed by atoms with Crippen LogP contribution in [0.4, 0.5) is 5.69 Å². The summed E-state index contributed by atoms with van der Waals surface area (Å²) < 4.78 is 5.52. The lowest BCUT2D eigenvalue weighted by atomic mass is 10.3. The number of anilines is 1. The number of hydrogen-bond donors (Lipinski definition) is 2. The van der Waals surface area contributed by atoms with Gasteiger partial charge in [-0.2, -0.15) is 5.10 Å². The maximum atomic E-state index is 12.0. The van der Waals surface area contributed by atoms with Crippen LogP contribution < -0.4 is 10.5 Å². The third-order valence-electron chi connectivity index (χ3n) is 2.67. The highest BCUT2D eigenvalue weighted by atomic mass is 16.5. The Morgan fingerprint density at radius 1 is 1.42 bits per heavy atom. The summed E-state index contributed by atoms with van der Waals surface area (Å²) in [6.07, 6.45) is 1.42. The van der Waals surface area contributed by atoms with Gasteiger partial charge in [-0.3, -0.25) is 9.89 Å². The van der Waals surface area contributed by atoms with Crippen LogP contribution in [0.15, 0.2) is 36.5 Å². The Labute approximate surface area is 111 Å². The van der Waals surface area contributed by atoms with E-state index in [9.17, 15) is 4.79 Å². The molecule has 100 valence electrons. The Kier molecular flexibility index (Phi) is 4.02. The Bertz CT molecular complexity index is 539. The molecule has 1 aromatic carbocycles. The molecule has 0 atom stereocenters. The molecule has 2 rings (SSSR count). The molecular formula is C13H16N4O2. The van der Waals surface area contributed by atoms with Gasteiger partial charge in [-0.05, 0) is 12.1 Å². The van der Waals surface area contributed by atoms with Crippen molar-refractivity contribution in [1.29, 1.82) is 0 Å². The first-order chi connectivity index (χ1) is 9.18. The molecule has 0 aliphatic rings. The topological polar surface area (TPSA) is 84.2 Å². The lowest BCUT2D eigenvalue weighted by Crippen LogP contribution is -2.31. The van der Waals surface area contributed by atoms with E-state index in [-0.39, 0.29) is 5.91 Å². The highest BCUT2D eigenvalue weighted by molar-refractivity contribution is 5.96. The van der Waals surface area contributed by atoms with Crippen LogP contribution in [0.2, 0.25) is 0 Å². The van der Waals surface area contributed by atoms with Crippen LogP contribution in [0.5, 0.6) is 5.75 Å². The second-order valence-corrected chi connectivity index (χ2v) is 4.09. The largest absolute Gasteiger partial charge is 0.492 e. The van der Waals surface area contributed by atoms with Crippen LogP contribution in [-0.2, 0) is 0 Å². The molecule has 0 spiro atoms. The van der Waals surface area contributed by atoms with Gasteiger partial charge < -0.3 is 15.4 Å². The molecule has 0 aliphatic heterocycles. The second kappa shape index (κ2) is 5.90. The van der Waals surface area contributed by atoms with Gasteiger partial charge in [-0.1, -0.05) is 18.2 Å². The average Bonchev–Trinajstić information content (AvgIpc) is 2.85. The van der Waals surface area contributed by atoms with Gasteiger partial charge in [0.2, 0.25) is 0 Å². The van der Waals surface area contributed by atoms with E-state index in [0.29, 0.717) is 24.5 Å². The number of ether oxygens (including phenoxy) is 1. The molecule has 2 aromatic rings. The summed E-state index contributed by atoms with van der Waals surface area (Å²) in [5.74, 6) is 0.580. The maximum absolute atomic E-state index is 12.0. The minimum atomic E-state index is -0.202. The molecular weight excluding hydrogens is 244 g/mol. The van der Waals surface area contributed by atoms with Gasteiger partial charge in [0.15, 0.2) is 0 Å². The second-order valence-electron chi connectivity index (χ2n) is 4.09. The van der Waals surface area contributed by atoms with Crippen LogP contribution in [0.3, 0.4) is 0 Å². The minimum absolute atomic E-state index is 0.202. The summed E-state index contributed by atoms with van der Waals surface area (Å²) in [6.45, 7) is 0.881. The number of carbonyl (C=O) groups is 1. The van der Waals surface area contributed by atoms with Crippen LogP contribution in [-0.4, -0.2) is 41.2 Å². The summed E-state index contributed by atoms with van der Waals surface area (Å²) in [5, 5.41) is 6.31. The highest BCUT2D eigenvalue weighted by Gasteiger charge is 2.16. The molecule has 0 saturated heterocycles. The van der Waals surface area contributed by atoms with Gasteiger partial charge >= 0.3 is 0 Å². The number of nitrogen functional groups attached to an aromatic ring is 1. The number of nitrogens with one attached hydrogen (secondary N) is 1. The molecule has 0 radical (unpaired) electrons. The number of nitrogens with zero attached hydrogens (tertiary/aromatic N) is 2. The first-order valence-electron chi connectivity index (χ1n) is 5.90. The van der Waals surface area contributed by atoms with Crippen molar-refractivity contribution in [3.05, 3.63) is 42.2 Å². The molecule has 19 heavy (non-hydrogen) atoms. The predicted molar refractivity (Wildman–Crippen MR) is 71.9 cm³/mol. The Balaban J connectivity index is 1.83. The lowest BCUT2D eigenvalue weighted by molar-refractivity contribution is 0.0769. The number of benzene rings is 1. The third-order valence-corrected chi connectivity index (χ3v) is 2.67. The fraction of sp³-hybridized carbons (Fsp3) is 0.231. The van der Waals surface area contributed by atoms with Crippen molar-refractivity contribution in [2.45, 2.75) is 0 Å². The number of rotatable bonds is 5. The van der Waals surface area contributed by atoms with E-state index in [1.165, 1.54) is 11.1 Å². The zero-order chi connectivity index (χ0) is 13.7. The van der Waals surface area contributed by atoms with Crippen molar-refractivity contribution in [1.82, 2.24) is 15.1 Å². The standard InChI is InChI=1S/C13H16N4O2/c1-17(13(18)12-11(14)9-15-16-12)7-8-19-10-5-3-2-4-6-10/h2-6,9H,7-8,14H2,1H3,(H,15,16). The fourth-order valence-corrected chi connectivity index (χ4v) is 1.58. The number of hydrogen-bond acceptors (Lipinski definition) is 4. The van der Waals surface area contributed by atoms with Gasteiger partial charge in [0, 0.05) is 7.05 Å². The van der Waals surface area contributed by atoms with E-state index in [1.807, 2.05) is 30.3 Å². The van der Waals surface area contributed by atoms with Gasteiger partial charge in [0.25, 0.3) is 5.91 Å². The molecule has 1 aromatic heterocycles. The number of likely N-dealkylation sites (N-methyl/N-ethyl adjacent to an activating group) is 1. The molecule has 6 heteroatoms. The highest BCUT2D eigenvalue weighted by Crippen LogP contribution is 2.10. The Hall–Kier alpha value is -2.50. The molecule has 1 heterocycles. The van der Waals surface area contributed by atoms with Crippen molar-refractivity contribution in [2.75, 3.05) is 25.9 Å². The number of amides is 1. The number of nitrogens with two attached hydrogens (primary N) is 1. The molecule has 6 nitrogen and oxygen atoms in total. The first-order valence-corrected chi connectivity index (χ1v) is 5.90. The van der Waals surface area contributed by atoms with Crippen LogP contribution in [0, 0.1) is 0 Å². The summed E-state index contributed by atoms with van der Waals surface area (Å²) in [4.78, 5) is 13.5. The quantitative estimate of drug-likeness (QED) is 0.844. The number of para-hydroxylation sites is 1. The van der Waals surface area contributed by atoms with Crippen molar-refractivity contribution in [2.24, 2.45) is 0 Å². The van der Waals surface area contributed by atoms with E-state index in [2.05, 4.69) is 10.2 Å². The third kappa shape index (κ3) is 3.25. The molecule has 0 unspecified atom stereocenters. The molecule has 0 saturated carbocycles. The van der Waals surface area contributed by atoms with Gasteiger partial charge in [-0.15, -0.1) is 0 Å². The molecule has 3 N–H and O–H groups in total. The van der Waals surface area contributed by atoms with E-state index in [1.54, 1.807) is 7.05 Å². The Morgan fingerprint density at radius 2 is 2.16 bits per heavy atom. The summed E-state index contributed by atoms with van der Waals surface area (Å²) in [7, 11) is 1.69. The smallest absolute Gasteiger partial charge is 0.273 e. The van der Waals surface area contributed by atoms with Crippen LogP contribution >= 0.6 is 0 Å². The predicted octanol–water partition coefficient (Wildman–Crippen LogP) is 1.14. The number of carbonyl (C=O) groups excluding carboxylic acids is 1. The van der Waals surface area contributed by atoms with E-state index in [0.717, 1.165) is 5.75 Å². The van der Waals surface area contributed by atoms with Crippen molar-refractivity contribution < 1.29 is 9.53 Å². The fourth-order valence-electron chi connectivity index (χ4n) is 1.58. The van der Waals surface area contributed by atoms with Gasteiger partial charge in [0.1, 0.15) is 18.1 Å². The molecule has 0 fully saturated rings. The minimum Gasteiger partial charge on any atom is -0.492 e.